The van der Waals surface area contributed by atoms with E-state index in [-0.39, 0.29) is 6.17 Å². The fourth-order valence-corrected chi connectivity index (χ4v) is 2.89. The topological polar surface area (TPSA) is 24.4 Å². The lowest BCUT2D eigenvalue weighted by Gasteiger charge is -2.27. The number of aliphatic imine (C=N–C) groups is 1. The van der Waals surface area contributed by atoms with Crippen molar-refractivity contribution in [2.75, 3.05) is 5.32 Å². The number of nitrogens with one attached hydrogen (secondary N) is 1. The van der Waals surface area contributed by atoms with Crippen LogP contribution in [0.25, 0.3) is 6.08 Å². The van der Waals surface area contributed by atoms with Gasteiger partial charge < -0.3 is 5.32 Å². The van der Waals surface area contributed by atoms with Crippen molar-refractivity contribution in [3.05, 3.63) is 70.8 Å². The molecule has 0 amide bonds. The van der Waals surface area contributed by atoms with E-state index in [1.165, 1.54) is 22.3 Å². The van der Waals surface area contributed by atoms with Crippen molar-refractivity contribution < 1.29 is 0 Å². The first-order chi connectivity index (χ1) is 10.2. The van der Waals surface area contributed by atoms with Crippen molar-refractivity contribution in [2.24, 2.45) is 4.99 Å². The molecule has 0 aliphatic carbocycles. The highest BCUT2D eigenvalue weighted by Crippen LogP contribution is 2.33. The Morgan fingerprint density at radius 1 is 1.05 bits per heavy atom. The molecular formula is C19H20N2. The van der Waals surface area contributed by atoms with Gasteiger partial charge in [-0.2, -0.15) is 0 Å². The van der Waals surface area contributed by atoms with E-state index in [2.05, 4.69) is 73.8 Å². The normalized spacial score (nSPS) is 17.3. The number of anilines is 1. The van der Waals surface area contributed by atoms with E-state index in [1.807, 2.05) is 6.92 Å². The molecule has 2 aromatic carbocycles. The number of hydrogen-bond donors (Lipinski definition) is 1. The van der Waals surface area contributed by atoms with Crippen LogP contribution in [0.15, 0.2) is 53.5 Å². The van der Waals surface area contributed by atoms with E-state index in [0.29, 0.717) is 0 Å². The van der Waals surface area contributed by atoms with Gasteiger partial charge in [0.15, 0.2) is 0 Å². The second-order valence-corrected chi connectivity index (χ2v) is 5.39. The summed E-state index contributed by atoms with van der Waals surface area (Å²) in [7, 11) is 0. The molecule has 0 radical (unpaired) electrons. The summed E-state index contributed by atoms with van der Waals surface area (Å²) in [5.41, 5.74) is 7.17. The summed E-state index contributed by atoms with van der Waals surface area (Å²) in [5.74, 6) is 0. The first kappa shape index (κ1) is 13.6. The first-order valence-electron chi connectivity index (χ1n) is 7.33. The molecule has 2 aromatic rings. The summed E-state index contributed by atoms with van der Waals surface area (Å²) in [6.45, 7) is 6.27. The Kier molecular flexibility index (Phi) is 3.61. The molecule has 1 aliphatic rings. The number of allylic oxidation sites excluding steroid dienone is 1. The molecule has 0 fully saturated rings. The summed E-state index contributed by atoms with van der Waals surface area (Å²) in [6, 6.07) is 14.8. The third-order valence-corrected chi connectivity index (χ3v) is 3.90. The molecule has 1 N–H and O–H groups in total. The van der Waals surface area contributed by atoms with E-state index < -0.39 is 0 Å². The Morgan fingerprint density at radius 3 is 2.62 bits per heavy atom. The lowest BCUT2D eigenvalue weighted by molar-refractivity contribution is 0.818. The monoisotopic (exact) mass is 276 g/mol. The summed E-state index contributed by atoms with van der Waals surface area (Å²) in [6.07, 6.45) is 4.20. The highest BCUT2D eigenvalue weighted by atomic mass is 15.1. The smallest absolute Gasteiger partial charge is 0.145 e. The van der Waals surface area contributed by atoms with Crippen LogP contribution < -0.4 is 5.32 Å². The van der Waals surface area contributed by atoms with Crippen molar-refractivity contribution in [3.8, 4) is 0 Å². The first-order valence-corrected chi connectivity index (χ1v) is 7.33. The van der Waals surface area contributed by atoms with Crippen LogP contribution in [0.5, 0.6) is 0 Å². The standard InChI is InChI=1S/C19H20N2/c1-4-8-15-10-7-12-17-18(15)14(3)20-19(21-17)16-11-6-5-9-13(16)2/h4-12,19,21H,1-3H3. The van der Waals surface area contributed by atoms with Gasteiger partial charge in [-0.3, -0.25) is 4.99 Å². The number of nitrogens with zero attached hydrogens (tertiary/aromatic N) is 1. The number of fused-ring (bicyclic) bond motifs is 1. The average Bonchev–Trinajstić information content (AvgIpc) is 2.48. The van der Waals surface area contributed by atoms with Crippen molar-refractivity contribution in [3.63, 3.8) is 0 Å². The number of benzene rings is 2. The van der Waals surface area contributed by atoms with Crippen LogP contribution >= 0.6 is 0 Å². The van der Waals surface area contributed by atoms with E-state index in [1.54, 1.807) is 0 Å². The van der Waals surface area contributed by atoms with Crippen LogP contribution in [0, 0.1) is 6.92 Å². The summed E-state index contributed by atoms with van der Waals surface area (Å²) in [4.78, 5) is 4.87. The highest BCUT2D eigenvalue weighted by Gasteiger charge is 2.21. The molecule has 3 rings (SSSR count). The zero-order valence-corrected chi connectivity index (χ0v) is 12.7. The molecule has 0 aromatic heterocycles. The van der Waals surface area contributed by atoms with Crippen LogP contribution in [-0.2, 0) is 0 Å². The van der Waals surface area contributed by atoms with Gasteiger partial charge in [0.1, 0.15) is 6.17 Å². The SMILES string of the molecule is CC=Cc1cccc2c1C(C)=NC(c1ccccc1C)N2. The molecule has 1 heterocycles. The maximum absolute atomic E-state index is 4.87. The maximum atomic E-state index is 4.87. The van der Waals surface area contributed by atoms with E-state index in [4.69, 9.17) is 4.99 Å². The third-order valence-electron chi connectivity index (χ3n) is 3.90. The van der Waals surface area contributed by atoms with Gasteiger partial charge >= 0.3 is 0 Å². The predicted molar refractivity (Wildman–Crippen MR) is 90.9 cm³/mol. The summed E-state index contributed by atoms with van der Waals surface area (Å²) < 4.78 is 0. The number of hydrogen-bond acceptors (Lipinski definition) is 2. The summed E-state index contributed by atoms with van der Waals surface area (Å²) >= 11 is 0. The molecule has 21 heavy (non-hydrogen) atoms. The lowest BCUT2D eigenvalue weighted by atomic mass is 9.97. The van der Waals surface area contributed by atoms with Gasteiger partial charge in [0.2, 0.25) is 0 Å². The lowest BCUT2D eigenvalue weighted by Crippen LogP contribution is -2.19. The van der Waals surface area contributed by atoms with Gasteiger partial charge in [0, 0.05) is 17.0 Å². The minimum Gasteiger partial charge on any atom is -0.360 e. The van der Waals surface area contributed by atoms with Crippen LogP contribution in [-0.4, -0.2) is 5.71 Å². The minimum absolute atomic E-state index is 0.000411. The van der Waals surface area contributed by atoms with Crippen molar-refractivity contribution in [1.29, 1.82) is 0 Å². The van der Waals surface area contributed by atoms with E-state index >= 15 is 0 Å². The van der Waals surface area contributed by atoms with Gasteiger partial charge in [-0.15, -0.1) is 0 Å². The number of aryl methyl sites for hydroxylation is 1. The van der Waals surface area contributed by atoms with Crippen LogP contribution in [0.4, 0.5) is 5.69 Å². The fraction of sp³-hybridized carbons (Fsp3) is 0.211. The number of rotatable bonds is 2. The molecule has 0 saturated heterocycles. The molecular weight excluding hydrogens is 256 g/mol. The maximum Gasteiger partial charge on any atom is 0.145 e. The van der Waals surface area contributed by atoms with Crippen molar-refractivity contribution in [2.45, 2.75) is 26.9 Å². The average molecular weight is 276 g/mol. The Hall–Kier alpha value is -2.35. The van der Waals surface area contributed by atoms with Gasteiger partial charge in [-0.25, -0.2) is 0 Å². The molecule has 106 valence electrons. The molecule has 0 bridgehead atoms. The molecule has 2 heteroatoms. The highest BCUT2D eigenvalue weighted by molar-refractivity contribution is 6.07. The van der Waals surface area contributed by atoms with Gasteiger partial charge in [-0.05, 0) is 43.5 Å². The van der Waals surface area contributed by atoms with Gasteiger partial charge in [-0.1, -0.05) is 48.6 Å². The zero-order chi connectivity index (χ0) is 14.8. The molecule has 1 unspecified atom stereocenters. The Labute approximate surface area is 126 Å². The molecule has 0 saturated carbocycles. The second-order valence-electron chi connectivity index (χ2n) is 5.39. The van der Waals surface area contributed by atoms with Gasteiger partial charge in [0.25, 0.3) is 0 Å². The fourth-order valence-electron chi connectivity index (χ4n) is 2.89. The quantitative estimate of drug-likeness (QED) is 0.823. The van der Waals surface area contributed by atoms with Gasteiger partial charge in [0.05, 0.1) is 0 Å². The van der Waals surface area contributed by atoms with Crippen molar-refractivity contribution >= 4 is 17.5 Å². The van der Waals surface area contributed by atoms with E-state index in [0.717, 1.165) is 11.4 Å². The van der Waals surface area contributed by atoms with Crippen molar-refractivity contribution in [1.82, 2.24) is 0 Å². The third kappa shape index (κ3) is 2.49. The van der Waals surface area contributed by atoms with Crippen LogP contribution in [0.2, 0.25) is 0 Å². The Morgan fingerprint density at radius 2 is 1.86 bits per heavy atom. The largest absolute Gasteiger partial charge is 0.360 e. The minimum atomic E-state index is -0.000411. The molecule has 1 atom stereocenters. The van der Waals surface area contributed by atoms with Crippen LogP contribution in [0.3, 0.4) is 0 Å². The second kappa shape index (κ2) is 5.57. The summed E-state index contributed by atoms with van der Waals surface area (Å²) in [5, 5.41) is 3.56. The Balaban J connectivity index is 2.07. The molecule has 2 nitrogen and oxygen atoms in total. The van der Waals surface area contributed by atoms with Crippen LogP contribution in [0.1, 0.15) is 42.3 Å². The Bertz CT molecular complexity index is 726. The molecule has 1 aliphatic heterocycles. The zero-order valence-electron chi connectivity index (χ0n) is 12.7. The molecule has 0 spiro atoms. The van der Waals surface area contributed by atoms with E-state index in [9.17, 15) is 0 Å². The predicted octanol–water partition coefficient (Wildman–Crippen LogP) is 4.96.